The van der Waals surface area contributed by atoms with Gasteiger partial charge in [-0.2, -0.15) is 13.2 Å². The summed E-state index contributed by atoms with van der Waals surface area (Å²) in [5, 5.41) is 2.59. The molecule has 1 aromatic carbocycles. The highest BCUT2D eigenvalue weighted by atomic mass is 19.4. The van der Waals surface area contributed by atoms with Gasteiger partial charge >= 0.3 is 12.3 Å². The Labute approximate surface area is 214 Å². The highest BCUT2D eigenvalue weighted by Gasteiger charge is 2.37. The van der Waals surface area contributed by atoms with Crippen molar-refractivity contribution >= 4 is 23.0 Å². The van der Waals surface area contributed by atoms with Gasteiger partial charge in [-0.15, -0.1) is 0 Å². The number of aromatic nitrogens is 1. The van der Waals surface area contributed by atoms with Gasteiger partial charge in [-0.25, -0.2) is 13.6 Å². The Morgan fingerprint density at radius 3 is 2.37 bits per heavy atom. The first kappa shape index (κ1) is 27.3. The molecule has 0 radical (unpaired) electrons. The van der Waals surface area contributed by atoms with Crippen LogP contribution in [-0.2, 0) is 17.5 Å². The van der Waals surface area contributed by atoms with Crippen LogP contribution in [0.5, 0.6) is 0 Å². The van der Waals surface area contributed by atoms with Gasteiger partial charge in [0.2, 0.25) is 0 Å². The summed E-state index contributed by atoms with van der Waals surface area (Å²) in [5.41, 5.74) is -1.70. The maximum absolute atomic E-state index is 13.9. The molecule has 2 aromatic heterocycles. The van der Waals surface area contributed by atoms with E-state index in [1.165, 1.54) is 35.4 Å². The zero-order valence-electron chi connectivity index (χ0n) is 20.9. The van der Waals surface area contributed by atoms with Gasteiger partial charge in [0.15, 0.2) is 0 Å². The molecule has 204 valence electrons. The number of ether oxygens (including phenoxy) is 1. The minimum atomic E-state index is -4.74. The van der Waals surface area contributed by atoms with Crippen LogP contribution in [0.2, 0.25) is 0 Å². The standard InChI is InChI=1S/C26H26F5N3O4/c1-24(2,3)38-23(36)33-14-18-11-17-10-16(12-19(21(17)37-18)26(29,30)31)20-5-4-15(13-32-20)22(35)34-8-6-25(27,28)7-9-34/h4-5,10-13H,6-9,14H2,1-3H3,(H,33,36). The number of nitrogens with zero attached hydrogens (tertiary/aromatic N) is 2. The zero-order chi connectivity index (χ0) is 27.9. The predicted molar refractivity (Wildman–Crippen MR) is 128 cm³/mol. The first-order valence-corrected chi connectivity index (χ1v) is 11.9. The lowest BCUT2D eigenvalue weighted by Crippen LogP contribution is -2.42. The second-order valence-corrected chi connectivity index (χ2v) is 10.1. The van der Waals surface area contributed by atoms with Gasteiger partial charge < -0.3 is 19.4 Å². The number of pyridine rings is 1. The van der Waals surface area contributed by atoms with Crippen LogP contribution in [0.1, 0.15) is 55.3 Å². The second kappa shape index (κ2) is 9.88. The van der Waals surface area contributed by atoms with E-state index in [0.717, 1.165) is 6.07 Å². The van der Waals surface area contributed by atoms with Crippen molar-refractivity contribution in [2.24, 2.45) is 0 Å². The normalized spacial score (nSPS) is 15.9. The van der Waals surface area contributed by atoms with Gasteiger partial charge in [-0.1, -0.05) is 0 Å². The summed E-state index contributed by atoms with van der Waals surface area (Å²) in [6.07, 6.45) is -5.12. The number of hydrogen-bond acceptors (Lipinski definition) is 5. The van der Waals surface area contributed by atoms with E-state index in [4.69, 9.17) is 9.15 Å². The Balaban J connectivity index is 1.57. The van der Waals surface area contributed by atoms with Crippen molar-refractivity contribution in [2.45, 2.75) is 57.9 Å². The van der Waals surface area contributed by atoms with Gasteiger partial charge in [-0.3, -0.25) is 9.78 Å². The maximum Gasteiger partial charge on any atom is 0.420 e. The molecule has 3 heterocycles. The summed E-state index contributed by atoms with van der Waals surface area (Å²) >= 11 is 0. The number of halogens is 5. The number of alkyl carbamates (subject to hydrolysis) is 1. The van der Waals surface area contributed by atoms with Crippen LogP contribution in [0.3, 0.4) is 0 Å². The Hall–Kier alpha value is -3.70. The fourth-order valence-corrected chi connectivity index (χ4v) is 4.04. The van der Waals surface area contributed by atoms with Crippen LogP contribution in [-0.4, -0.2) is 46.5 Å². The molecule has 0 unspecified atom stereocenters. The van der Waals surface area contributed by atoms with Crippen molar-refractivity contribution in [1.29, 1.82) is 0 Å². The maximum atomic E-state index is 13.9. The summed E-state index contributed by atoms with van der Waals surface area (Å²) < 4.78 is 79.0. The third kappa shape index (κ3) is 6.40. The number of likely N-dealkylation sites (tertiary alicyclic amines) is 1. The summed E-state index contributed by atoms with van der Waals surface area (Å²) in [6.45, 7) is 4.66. The van der Waals surface area contributed by atoms with E-state index in [9.17, 15) is 31.5 Å². The highest BCUT2D eigenvalue weighted by molar-refractivity contribution is 5.94. The molecule has 7 nitrogen and oxygen atoms in total. The van der Waals surface area contributed by atoms with Crippen LogP contribution < -0.4 is 5.32 Å². The molecule has 38 heavy (non-hydrogen) atoms. The number of carbonyl (C=O) groups excluding carboxylic acids is 2. The molecule has 1 saturated heterocycles. The molecule has 0 aliphatic carbocycles. The van der Waals surface area contributed by atoms with E-state index < -0.39 is 53.7 Å². The number of amides is 2. The summed E-state index contributed by atoms with van der Waals surface area (Å²) in [5.74, 6) is -3.18. The average Bonchev–Trinajstić information content (AvgIpc) is 3.23. The smallest absolute Gasteiger partial charge is 0.420 e. The van der Waals surface area contributed by atoms with Crippen molar-refractivity contribution in [3.63, 3.8) is 0 Å². The third-order valence-corrected chi connectivity index (χ3v) is 5.87. The molecular formula is C26H26F5N3O4. The molecule has 1 aliphatic rings. The van der Waals surface area contributed by atoms with E-state index >= 15 is 0 Å². The lowest BCUT2D eigenvalue weighted by molar-refractivity contribution is -0.136. The summed E-state index contributed by atoms with van der Waals surface area (Å²) in [4.78, 5) is 30.0. The minimum absolute atomic E-state index is 0.0922. The zero-order valence-corrected chi connectivity index (χ0v) is 20.9. The van der Waals surface area contributed by atoms with Crippen LogP contribution in [0.25, 0.3) is 22.2 Å². The number of furan rings is 1. The van der Waals surface area contributed by atoms with Crippen molar-refractivity contribution in [2.75, 3.05) is 13.1 Å². The van der Waals surface area contributed by atoms with Crippen LogP contribution in [0, 0.1) is 0 Å². The Morgan fingerprint density at radius 2 is 1.79 bits per heavy atom. The number of benzene rings is 1. The fraction of sp³-hybridized carbons (Fsp3) is 0.423. The van der Waals surface area contributed by atoms with Gasteiger partial charge in [0.05, 0.1) is 23.4 Å². The van der Waals surface area contributed by atoms with E-state index in [0.29, 0.717) is 0 Å². The summed E-state index contributed by atoms with van der Waals surface area (Å²) in [7, 11) is 0. The lowest BCUT2D eigenvalue weighted by Gasteiger charge is -2.31. The highest BCUT2D eigenvalue weighted by Crippen LogP contribution is 2.39. The molecule has 0 atom stereocenters. The molecule has 2 amide bonds. The molecular weight excluding hydrogens is 513 g/mol. The fourth-order valence-electron chi connectivity index (χ4n) is 4.04. The molecule has 1 N–H and O–H groups in total. The Morgan fingerprint density at radius 1 is 1.11 bits per heavy atom. The molecule has 3 aromatic rings. The predicted octanol–water partition coefficient (Wildman–Crippen LogP) is 6.41. The largest absolute Gasteiger partial charge is 0.459 e. The van der Waals surface area contributed by atoms with Gasteiger partial charge in [-0.05, 0) is 51.1 Å². The average molecular weight is 540 g/mol. The van der Waals surface area contributed by atoms with Crippen LogP contribution >= 0.6 is 0 Å². The molecule has 12 heteroatoms. The van der Waals surface area contributed by atoms with Crippen molar-refractivity contribution < 1.29 is 40.7 Å². The molecule has 0 spiro atoms. The number of hydrogen-bond donors (Lipinski definition) is 1. The lowest BCUT2D eigenvalue weighted by atomic mass is 10.0. The van der Waals surface area contributed by atoms with Gasteiger partial charge in [0.25, 0.3) is 11.8 Å². The molecule has 1 fully saturated rings. The molecule has 0 bridgehead atoms. The first-order valence-electron chi connectivity index (χ1n) is 11.9. The van der Waals surface area contributed by atoms with E-state index in [1.54, 1.807) is 20.8 Å². The topological polar surface area (TPSA) is 84.7 Å². The third-order valence-electron chi connectivity index (χ3n) is 5.87. The summed E-state index contributed by atoms with van der Waals surface area (Å²) in [6, 6.07) is 6.54. The van der Waals surface area contributed by atoms with Crippen molar-refractivity contribution in [3.05, 3.63) is 53.4 Å². The van der Waals surface area contributed by atoms with E-state index in [-0.39, 0.29) is 47.6 Å². The molecule has 0 saturated carbocycles. The number of piperidine rings is 1. The van der Waals surface area contributed by atoms with Crippen LogP contribution in [0.15, 0.2) is 40.9 Å². The second-order valence-electron chi connectivity index (χ2n) is 10.1. The monoisotopic (exact) mass is 539 g/mol. The number of alkyl halides is 5. The van der Waals surface area contributed by atoms with Gasteiger partial charge in [0.1, 0.15) is 16.9 Å². The SMILES string of the molecule is CC(C)(C)OC(=O)NCc1cc2cc(-c3ccc(C(=O)N4CCC(F)(F)CC4)cn3)cc(C(F)(F)F)c2o1. The molecule has 4 rings (SSSR count). The number of carbonyl (C=O) groups is 2. The van der Waals surface area contributed by atoms with Crippen molar-refractivity contribution in [3.8, 4) is 11.3 Å². The Bertz CT molecular complexity index is 1330. The van der Waals surface area contributed by atoms with E-state index in [2.05, 4.69) is 10.3 Å². The van der Waals surface area contributed by atoms with Crippen LogP contribution in [0.4, 0.5) is 26.7 Å². The quantitative estimate of drug-likeness (QED) is 0.388. The first-order chi connectivity index (χ1) is 17.6. The number of nitrogens with one attached hydrogen (secondary N) is 1. The number of rotatable bonds is 4. The van der Waals surface area contributed by atoms with E-state index in [1.807, 2.05) is 0 Å². The van der Waals surface area contributed by atoms with Crippen molar-refractivity contribution in [1.82, 2.24) is 15.2 Å². The van der Waals surface area contributed by atoms with Gasteiger partial charge in [0, 0.05) is 43.1 Å². The minimum Gasteiger partial charge on any atom is -0.459 e. The molecule has 1 aliphatic heterocycles. The Kier molecular flexibility index (Phi) is 7.11. The number of fused-ring (bicyclic) bond motifs is 1.